The van der Waals surface area contributed by atoms with Gasteiger partial charge in [0.2, 0.25) is 0 Å². The molecular weight excluding hydrogens is 378 g/mol. The third kappa shape index (κ3) is 5.49. The van der Waals surface area contributed by atoms with E-state index in [1.54, 1.807) is 0 Å². The van der Waals surface area contributed by atoms with Crippen molar-refractivity contribution in [2.75, 3.05) is 0 Å². The molecule has 1 aromatic heterocycles. The van der Waals surface area contributed by atoms with Crippen molar-refractivity contribution < 1.29 is 0 Å². The smallest absolute Gasteiger partial charge is 0.170 e. The Labute approximate surface area is 172 Å². The lowest BCUT2D eigenvalue weighted by Gasteiger charge is -1.97. The second-order valence-corrected chi connectivity index (χ2v) is 5.84. The first-order chi connectivity index (χ1) is 14.8. The Hall–Kier alpha value is -4.53. The van der Waals surface area contributed by atoms with Gasteiger partial charge in [0.05, 0.1) is 17.1 Å². The van der Waals surface area contributed by atoms with Crippen molar-refractivity contribution in [3.63, 3.8) is 0 Å². The van der Waals surface area contributed by atoms with Gasteiger partial charge >= 0.3 is 0 Å². The summed E-state index contributed by atoms with van der Waals surface area (Å²) in [6.45, 7) is 0. The lowest BCUT2D eigenvalue weighted by molar-refractivity contribution is 0.951. The molecule has 0 radical (unpaired) electrons. The summed E-state index contributed by atoms with van der Waals surface area (Å²) in [6.07, 6.45) is 0. The van der Waals surface area contributed by atoms with E-state index in [2.05, 4.69) is 45.6 Å². The normalized spacial score (nSPS) is 11.6. The van der Waals surface area contributed by atoms with Crippen molar-refractivity contribution in [3.05, 3.63) is 91.0 Å². The Bertz CT molecular complexity index is 1010. The van der Waals surface area contributed by atoms with Crippen LogP contribution in [-0.4, -0.2) is 15.0 Å². The highest BCUT2D eigenvalue weighted by Gasteiger charge is 2.06. The van der Waals surface area contributed by atoms with Gasteiger partial charge in [-0.2, -0.15) is 15.0 Å². The molecule has 9 nitrogen and oxygen atoms in total. The lowest BCUT2D eigenvalue weighted by Crippen LogP contribution is -1.86. The third-order valence-corrected chi connectivity index (χ3v) is 3.63. The highest BCUT2D eigenvalue weighted by Crippen LogP contribution is 2.22. The van der Waals surface area contributed by atoms with Crippen LogP contribution in [0.4, 0.5) is 34.9 Å². The summed E-state index contributed by atoms with van der Waals surface area (Å²) in [4.78, 5) is 12.5. The summed E-state index contributed by atoms with van der Waals surface area (Å²) in [6, 6.07) is 27.8. The quantitative estimate of drug-likeness (QED) is 0.325. The number of benzene rings is 3. The minimum Gasteiger partial charge on any atom is -0.170 e. The Morgan fingerprint density at radius 1 is 0.333 bits per heavy atom. The maximum absolute atomic E-state index is 4.17. The predicted molar refractivity (Wildman–Crippen MR) is 112 cm³/mol. The molecule has 144 valence electrons. The topological polar surface area (TPSA) is 113 Å². The van der Waals surface area contributed by atoms with Crippen LogP contribution in [0.2, 0.25) is 0 Å². The van der Waals surface area contributed by atoms with Crippen molar-refractivity contribution in [2.45, 2.75) is 0 Å². The van der Waals surface area contributed by atoms with Crippen LogP contribution in [0.15, 0.2) is 122 Å². The van der Waals surface area contributed by atoms with Crippen molar-refractivity contribution >= 4 is 34.9 Å². The van der Waals surface area contributed by atoms with Crippen LogP contribution in [0, 0.1) is 0 Å². The second kappa shape index (κ2) is 9.60. The van der Waals surface area contributed by atoms with Crippen LogP contribution in [0.3, 0.4) is 0 Å². The van der Waals surface area contributed by atoms with E-state index >= 15 is 0 Å². The van der Waals surface area contributed by atoms with Gasteiger partial charge in [-0.05, 0) is 36.4 Å². The van der Waals surface area contributed by atoms with E-state index < -0.39 is 0 Å². The molecule has 0 amide bonds. The monoisotopic (exact) mass is 393 g/mol. The van der Waals surface area contributed by atoms with Gasteiger partial charge in [0.1, 0.15) is 0 Å². The maximum Gasteiger partial charge on any atom is 0.275 e. The predicted octanol–water partition coefficient (Wildman–Crippen LogP) is 7.12. The number of aromatic nitrogens is 3. The van der Waals surface area contributed by atoms with E-state index in [4.69, 9.17) is 0 Å². The van der Waals surface area contributed by atoms with Gasteiger partial charge < -0.3 is 0 Å². The molecule has 4 aromatic rings. The molecule has 30 heavy (non-hydrogen) atoms. The van der Waals surface area contributed by atoms with Gasteiger partial charge in [0, 0.05) is 0 Å². The number of nitrogens with zero attached hydrogens (tertiary/aromatic N) is 9. The highest BCUT2D eigenvalue weighted by atomic mass is 15.3. The minimum absolute atomic E-state index is 0.0536. The molecule has 0 aliphatic rings. The molecular formula is C21H15N9. The zero-order valence-electron chi connectivity index (χ0n) is 15.7. The van der Waals surface area contributed by atoms with Gasteiger partial charge in [0.15, 0.2) is 0 Å². The summed E-state index contributed by atoms with van der Waals surface area (Å²) >= 11 is 0. The second-order valence-electron chi connectivity index (χ2n) is 5.84. The van der Waals surface area contributed by atoms with Crippen LogP contribution >= 0.6 is 0 Å². The molecule has 0 aliphatic heterocycles. The lowest BCUT2D eigenvalue weighted by atomic mass is 10.3. The zero-order valence-corrected chi connectivity index (χ0v) is 15.7. The molecule has 1 heterocycles. The third-order valence-electron chi connectivity index (χ3n) is 3.63. The average Bonchev–Trinajstić information content (AvgIpc) is 2.82. The molecule has 0 atom stereocenters. The van der Waals surface area contributed by atoms with Gasteiger partial charge in [-0.1, -0.05) is 54.6 Å². The van der Waals surface area contributed by atoms with E-state index in [9.17, 15) is 0 Å². The molecule has 0 spiro atoms. The molecule has 0 fully saturated rings. The fourth-order valence-corrected chi connectivity index (χ4v) is 2.27. The minimum atomic E-state index is 0.0536. The molecule has 9 heteroatoms. The van der Waals surface area contributed by atoms with E-state index in [1.165, 1.54) is 0 Å². The summed E-state index contributed by atoms with van der Waals surface area (Å²) < 4.78 is 0. The van der Waals surface area contributed by atoms with Crippen molar-refractivity contribution in [1.82, 2.24) is 15.0 Å². The standard InChI is InChI=1S/C21H15N9/c1-4-10-16(11-5-1)25-28-19-22-20(29-26-17-12-6-2-7-13-17)24-21(23-19)30-27-18-14-8-3-9-15-18/h1-15H. The van der Waals surface area contributed by atoms with Crippen molar-refractivity contribution in [3.8, 4) is 0 Å². The molecule has 4 rings (SSSR count). The fourth-order valence-electron chi connectivity index (χ4n) is 2.27. The fraction of sp³-hybridized carbons (Fsp3) is 0. The first-order valence-electron chi connectivity index (χ1n) is 9.02. The van der Waals surface area contributed by atoms with Crippen LogP contribution in [0.5, 0.6) is 0 Å². The largest absolute Gasteiger partial charge is 0.275 e. The highest BCUT2D eigenvalue weighted by molar-refractivity contribution is 5.39. The molecule has 3 aromatic carbocycles. The Balaban J connectivity index is 1.65. The Kier molecular flexibility index (Phi) is 6.02. The van der Waals surface area contributed by atoms with Crippen LogP contribution in [0.1, 0.15) is 0 Å². The van der Waals surface area contributed by atoms with Gasteiger partial charge in [-0.3, -0.25) is 0 Å². The van der Waals surface area contributed by atoms with Gasteiger partial charge in [-0.15, -0.1) is 30.7 Å². The van der Waals surface area contributed by atoms with Crippen LogP contribution < -0.4 is 0 Å². The van der Waals surface area contributed by atoms with Gasteiger partial charge in [0.25, 0.3) is 17.8 Å². The Morgan fingerprint density at radius 3 is 0.867 bits per heavy atom. The van der Waals surface area contributed by atoms with Crippen LogP contribution in [-0.2, 0) is 0 Å². The van der Waals surface area contributed by atoms with Gasteiger partial charge in [-0.25, -0.2) is 0 Å². The van der Waals surface area contributed by atoms with Crippen LogP contribution in [0.25, 0.3) is 0 Å². The van der Waals surface area contributed by atoms with Crippen molar-refractivity contribution in [1.29, 1.82) is 0 Å². The first-order valence-corrected chi connectivity index (χ1v) is 9.02. The number of hydrogen-bond donors (Lipinski definition) is 0. The summed E-state index contributed by atoms with van der Waals surface area (Å²) in [7, 11) is 0. The van der Waals surface area contributed by atoms with E-state index in [0.29, 0.717) is 17.1 Å². The number of hydrogen-bond acceptors (Lipinski definition) is 9. The summed E-state index contributed by atoms with van der Waals surface area (Å²) in [5, 5.41) is 24.6. The SMILES string of the molecule is c1ccc(N=Nc2nc(N=Nc3ccccc3)nc(N=Nc3ccccc3)n2)cc1. The zero-order chi connectivity index (χ0) is 20.4. The molecule has 0 bridgehead atoms. The van der Waals surface area contributed by atoms with E-state index in [0.717, 1.165) is 0 Å². The summed E-state index contributed by atoms with van der Waals surface area (Å²) in [5.74, 6) is 0.161. The van der Waals surface area contributed by atoms with E-state index in [1.807, 2.05) is 91.0 Å². The average molecular weight is 393 g/mol. The van der Waals surface area contributed by atoms with E-state index in [-0.39, 0.29) is 17.8 Å². The molecule has 0 saturated heterocycles. The maximum atomic E-state index is 4.17. The molecule has 0 aliphatic carbocycles. The molecule has 0 unspecified atom stereocenters. The first kappa shape index (κ1) is 18.8. The Morgan fingerprint density at radius 2 is 0.600 bits per heavy atom. The summed E-state index contributed by atoms with van der Waals surface area (Å²) in [5.41, 5.74) is 1.99. The number of rotatable bonds is 6. The molecule has 0 saturated carbocycles. The van der Waals surface area contributed by atoms with Crippen molar-refractivity contribution in [2.24, 2.45) is 30.7 Å². The molecule has 0 N–H and O–H groups in total. The number of azo groups is 3.